The van der Waals surface area contributed by atoms with Gasteiger partial charge >= 0.3 is 11.8 Å². The number of amides is 2. The number of benzene rings is 2. The Morgan fingerprint density at radius 3 is 2.25 bits per heavy atom. The molecule has 2 aromatic rings. The maximum atomic E-state index is 12.1. The van der Waals surface area contributed by atoms with Crippen molar-refractivity contribution >= 4 is 39.9 Å². The Balaban J connectivity index is 2.05. The summed E-state index contributed by atoms with van der Waals surface area (Å²) in [4.78, 5) is 24.1. The molecule has 0 aliphatic rings. The van der Waals surface area contributed by atoms with E-state index in [4.69, 9.17) is 11.6 Å². The number of carbonyl (C=O) groups is 2. The van der Waals surface area contributed by atoms with Crippen LogP contribution in [0, 0.1) is 0 Å². The zero-order chi connectivity index (χ0) is 17.5. The third kappa shape index (κ3) is 5.47. The summed E-state index contributed by atoms with van der Waals surface area (Å²) in [5.74, 6) is -1.35. The van der Waals surface area contributed by atoms with Gasteiger partial charge in [0.1, 0.15) is 0 Å². The van der Waals surface area contributed by atoms with Gasteiger partial charge in [-0.3, -0.25) is 13.8 Å². The molecule has 0 saturated carbocycles. The molecule has 0 unspecified atom stereocenters. The molecule has 24 heavy (non-hydrogen) atoms. The molecule has 0 radical (unpaired) electrons. The monoisotopic (exact) mass is 364 g/mol. The Kier molecular flexibility index (Phi) is 6.52. The lowest BCUT2D eigenvalue weighted by molar-refractivity contribution is -0.136. The largest absolute Gasteiger partial charge is 0.340 e. The Hall–Kier alpha value is -2.18. The van der Waals surface area contributed by atoms with E-state index >= 15 is 0 Å². The van der Waals surface area contributed by atoms with Crippen LogP contribution in [0.25, 0.3) is 0 Å². The highest BCUT2D eigenvalue weighted by atomic mass is 35.5. The van der Waals surface area contributed by atoms with E-state index in [0.29, 0.717) is 10.7 Å². The molecule has 0 aliphatic carbocycles. The maximum absolute atomic E-state index is 12.1. The fourth-order valence-electron chi connectivity index (χ4n) is 2.09. The lowest BCUT2D eigenvalue weighted by atomic mass is 10.1. The van der Waals surface area contributed by atoms with Crippen molar-refractivity contribution in [2.24, 2.45) is 0 Å². The average Bonchev–Trinajstić information content (AvgIpc) is 2.56. The maximum Gasteiger partial charge on any atom is 0.313 e. The highest BCUT2D eigenvalue weighted by Gasteiger charge is 2.21. The van der Waals surface area contributed by atoms with Crippen molar-refractivity contribution in [2.45, 2.75) is 6.04 Å². The summed E-state index contributed by atoms with van der Waals surface area (Å²) in [5, 5.41) is 5.65. The van der Waals surface area contributed by atoms with Crippen LogP contribution in [0.4, 0.5) is 5.69 Å². The van der Waals surface area contributed by atoms with E-state index in [1.807, 2.05) is 30.3 Å². The van der Waals surface area contributed by atoms with E-state index in [2.05, 4.69) is 10.6 Å². The van der Waals surface area contributed by atoms with Crippen LogP contribution in [0.3, 0.4) is 0 Å². The van der Waals surface area contributed by atoms with Crippen LogP contribution in [0.5, 0.6) is 0 Å². The zero-order valence-corrected chi connectivity index (χ0v) is 14.6. The molecule has 0 aromatic heterocycles. The standard InChI is InChI=1S/C17H17ClN2O3S/c1-24(23)11-15(12-5-3-2-4-6-12)20-17(22)16(21)19-14-9-7-13(18)8-10-14/h2-10,15H,11H2,1H3,(H,19,21)(H,20,22)/t15-,24+/m1/s1. The van der Waals surface area contributed by atoms with E-state index in [9.17, 15) is 13.8 Å². The van der Waals surface area contributed by atoms with Crippen LogP contribution in [0.2, 0.25) is 5.02 Å². The van der Waals surface area contributed by atoms with Crippen molar-refractivity contribution in [3.63, 3.8) is 0 Å². The zero-order valence-electron chi connectivity index (χ0n) is 13.0. The first-order valence-corrected chi connectivity index (χ1v) is 9.28. The van der Waals surface area contributed by atoms with Gasteiger partial charge in [-0.1, -0.05) is 41.9 Å². The second-order valence-corrected chi connectivity index (χ2v) is 7.05. The fraction of sp³-hybridized carbons (Fsp3) is 0.176. The molecule has 2 aromatic carbocycles. The van der Waals surface area contributed by atoms with Crippen molar-refractivity contribution < 1.29 is 13.8 Å². The number of hydrogen-bond donors (Lipinski definition) is 2. The lowest BCUT2D eigenvalue weighted by Gasteiger charge is -2.18. The van der Waals surface area contributed by atoms with E-state index in [0.717, 1.165) is 5.56 Å². The quantitative estimate of drug-likeness (QED) is 0.800. The third-order valence-corrected chi connectivity index (χ3v) is 4.27. The summed E-state index contributed by atoms with van der Waals surface area (Å²) in [6.45, 7) is 0. The third-order valence-electron chi connectivity index (χ3n) is 3.22. The van der Waals surface area contributed by atoms with Gasteiger partial charge in [0.05, 0.1) is 6.04 Å². The van der Waals surface area contributed by atoms with Crippen molar-refractivity contribution in [2.75, 3.05) is 17.3 Å². The topological polar surface area (TPSA) is 75.3 Å². The van der Waals surface area contributed by atoms with Crippen LogP contribution in [0.1, 0.15) is 11.6 Å². The molecular weight excluding hydrogens is 348 g/mol. The smallest absolute Gasteiger partial charge is 0.313 e. The molecular formula is C17H17ClN2O3S. The first-order chi connectivity index (χ1) is 11.5. The van der Waals surface area contributed by atoms with E-state index in [1.165, 1.54) is 0 Å². The van der Waals surface area contributed by atoms with Gasteiger partial charge in [-0.15, -0.1) is 0 Å². The number of nitrogens with one attached hydrogen (secondary N) is 2. The van der Waals surface area contributed by atoms with Gasteiger partial charge in [0.15, 0.2) is 0 Å². The summed E-state index contributed by atoms with van der Waals surface area (Å²) >= 11 is 5.78. The Morgan fingerprint density at radius 1 is 1.04 bits per heavy atom. The van der Waals surface area contributed by atoms with E-state index < -0.39 is 28.7 Å². The van der Waals surface area contributed by atoms with Gasteiger partial charge in [0, 0.05) is 33.5 Å². The number of halogens is 1. The molecule has 0 aliphatic heterocycles. The van der Waals surface area contributed by atoms with Crippen molar-refractivity contribution in [1.82, 2.24) is 5.32 Å². The van der Waals surface area contributed by atoms with Crippen LogP contribution in [0.15, 0.2) is 54.6 Å². The number of hydrogen-bond acceptors (Lipinski definition) is 3. The lowest BCUT2D eigenvalue weighted by Crippen LogP contribution is -2.39. The highest BCUT2D eigenvalue weighted by Crippen LogP contribution is 2.15. The summed E-state index contributed by atoms with van der Waals surface area (Å²) < 4.78 is 11.5. The molecule has 2 amide bonds. The van der Waals surface area contributed by atoms with Crippen molar-refractivity contribution in [3.05, 3.63) is 65.2 Å². The summed E-state index contributed by atoms with van der Waals surface area (Å²) in [7, 11) is -1.13. The predicted octanol–water partition coefficient (Wildman–Crippen LogP) is 2.51. The first kappa shape index (κ1) is 18.2. The summed E-state index contributed by atoms with van der Waals surface area (Å²) in [5.41, 5.74) is 1.26. The van der Waals surface area contributed by atoms with Crippen molar-refractivity contribution in [1.29, 1.82) is 0 Å². The molecule has 126 valence electrons. The molecule has 5 nitrogen and oxygen atoms in total. The summed E-state index contributed by atoms with van der Waals surface area (Å²) in [6.07, 6.45) is 1.55. The molecule has 2 N–H and O–H groups in total. The Bertz CT molecular complexity index is 735. The van der Waals surface area contributed by atoms with Gasteiger partial charge in [-0.2, -0.15) is 0 Å². The minimum absolute atomic E-state index is 0.226. The predicted molar refractivity (Wildman–Crippen MR) is 96.3 cm³/mol. The van der Waals surface area contributed by atoms with Crippen molar-refractivity contribution in [3.8, 4) is 0 Å². The SMILES string of the molecule is C[S@](=O)C[C@@H](NC(=O)C(=O)Nc1ccc(Cl)cc1)c1ccccc1. The van der Waals surface area contributed by atoms with E-state index in [-0.39, 0.29) is 5.75 Å². The number of carbonyl (C=O) groups excluding carboxylic acids is 2. The molecule has 2 rings (SSSR count). The van der Waals surface area contributed by atoms with Crippen LogP contribution < -0.4 is 10.6 Å². The van der Waals surface area contributed by atoms with Crippen LogP contribution in [-0.2, 0) is 20.4 Å². The van der Waals surface area contributed by atoms with Crippen LogP contribution >= 0.6 is 11.6 Å². The minimum atomic E-state index is -1.13. The van der Waals surface area contributed by atoms with Gasteiger partial charge in [0.25, 0.3) is 0 Å². The molecule has 0 spiro atoms. The molecule has 2 atom stereocenters. The minimum Gasteiger partial charge on any atom is -0.340 e. The summed E-state index contributed by atoms with van der Waals surface area (Å²) in [6, 6.07) is 15.0. The van der Waals surface area contributed by atoms with Gasteiger partial charge < -0.3 is 10.6 Å². The van der Waals surface area contributed by atoms with E-state index in [1.54, 1.807) is 30.5 Å². The Morgan fingerprint density at radius 2 is 1.67 bits per heavy atom. The normalized spacial score (nSPS) is 12.9. The first-order valence-electron chi connectivity index (χ1n) is 7.18. The molecule has 7 heteroatoms. The molecule has 0 bridgehead atoms. The molecule has 0 saturated heterocycles. The van der Waals surface area contributed by atoms with Gasteiger partial charge in [0.2, 0.25) is 0 Å². The molecule has 0 heterocycles. The van der Waals surface area contributed by atoms with Gasteiger partial charge in [-0.25, -0.2) is 0 Å². The van der Waals surface area contributed by atoms with Gasteiger partial charge in [-0.05, 0) is 29.8 Å². The Labute approximate surface area is 147 Å². The number of anilines is 1. The fourth-order valence-corrected chi connectivity index (χ4v) is 2.96. The average molecular weight is 365 g/mol. The highest BCUT2D eigenvalue weighted by molar-refractivity contribution is 7.84. The second-order valence-electron chi connectivity index (χ2n) is 5.14. The second kappa shape index (κ2) is 8.61. The number of rotatable bonds is 5. The molecule has 0 fully saturated rings. The van der Waals surface area contributed by atoms with Crippen LogP contribution in [-0.4, -0.2) is 28.0 Å².